The lowest BCUT2D eigenvalue weighted by Crippen LogP contribution is -2.46. The summed E-state index contributed by atoms with van der Waals surface area (Å²) in [6, 6.07) is 0.131. The normalized spacial score (nSPS) is 37.9. The highest BCUT2D eigenvalue weighted by Gasteiger charge is 2.29. The van der Waals surface area contributed by atoms with E-state index in [1.165, 1.54) is 0 Å². The summed E-state index contributed by atoms with van der Waals surface area (Å²) in [5.74, 6) is 0.167. The first-order valence-corrected chi connectivity index (χ1v) is 7.41. The molecular formula is C14H26N2O2. The van der Waals surface area contributed by atoms with Gasteiger partial charge in [-0.05, 0) is 32.1 Å². The van der Waals surface area contributed by atoms with Gasteiger partial charge in [-0.15, -0.1) is 0 Å². The summed E-state index contributed by atoms with van der Waals surface area (Å²) in [5.41, 5.74) is 5.92. The van der Waals surface area contributed by atoms with Gasteiger partial charge in [0.2, 0.25) is 5.91 Å². The molecule has 2 rings (SSSR count). The average Bonchev–Trinajstić information content (AvgIpc) is 2.55. The van der Waals surface area contributed by atoms with E-state index in [0.29, 0.717) is 0 Å². The van der Waals surface area contributed by atoms with Crippen LogP contribution in [0.15, 0.2) is 0 Å². The Labute approximate surface area is 109 Å². The third-order valence-electron chi connectivity index (χ3n) is 4.39. The highest BCUT2D eigenvalue weighted by atomic mass is 16.3. The van der Waals surface area contributed by atoms with E-state index in [1.807, 2.05) is 0 Å². The largest absolute Gasteiger partial charge is 0.391 e. The van der Waals surface area contributed by atoms with E-state index in [9.17, 15) is 9.90 Å². The van der Waals surface area contributed by atoms with E-state index < -0.39 is 0 Å². The van der Waals surface area contributed by atoms with Crippen LogP contribution in [0.4, 0.5) is 0 Å². The number of aliphatic hydroxyl groups is 1. The van der Waals surface area contributed by atoms with Gasteiger partial charge in [-0.2, -0.15) is 0 Å². The smallest absolute Gasteiger partial charge is 0.223 e. The second-order valence-corrected chi connectivity index (χ2v) is 5.94. The molecule has 1 amide bonds. The minimum Gasteiger partial charge on any atom is -0.391 e. The van der Waals surface area contributed by atoms with E-state index in [0.717, 1.165) is 57.8 Å². The monoisotopic (exact) mass is 254 g/mol. The number of rotatable bonds is 2. The predicted octanol–water partition coefficient (Wildman–Crippen LogP) is 1.31. The molecule has 4 atom stereocenters. The molecule has 0 heterocycles. The van der Waals surface area contributed by atoms with Gasteiger partial charge in [-0.25, -0.2) is 0 Å². The summed E-state index contributed by atoms with van der Waals surface area (Å²) >= 11 is 0. The Kier molecular flexibility index (Phi) is 5.01. The van der Waals surface area contributed by atoms with Gasteiger partial charge >= 0.3 is 0 Å². The van der Waals surface area contributed by atoms with Gasteiger partial charge in [0.25, 0.3) is 0 Å². The van der Waals surface area contributed by atoms with Crippen LogP contribution in [0, 0.1) is 5.92 Å². The highest BCUT2D eigenvalue weighted by molar-refractivity contribution is 5.79. The maximum Gasteiger partial charge on any atom is 0.223 e. The molecule has 0 aromatic rings. The van der Waals surface area contributed by atoms with Crippen LogP contribution >= 0.6 is 0 Å². The Hall–Kier alpha value is -0.610. The predicted molar refractivity (Wildman–Crippen MR) is 71.0 cm³/mol. The van der Waals surface area contributed by atoms with Crippen LogP contribution < -0.4 is 11.1 Å². The quantitative estimate of drug-likeness (QED) is 0.650. The first-order valence-electron chi connectivity index (χ1n) is 7.41. The summed E-state index contributed by atoms with van der Waals surface area (Å²) in [6.45, 7) is 0. The fourth-order valence-electron chi connectivity index (χ4n) is 3.22. The van der Waals surface area contributed by atoms with E-state index >= 15 is 0 Å². The number of aliphatic hydroxyl groups excluding tert-OH is 1. The molecule has 0 bridgehead atoms. The molecule has 2 aliphatic carbocycles. The van der Waals surface area contributed by atoms with Crippen molar-refractivity contribution in [3.8, 4) is 0 Å². The molecule has 2 aliphatic rings. The Bertz CT molecular complexity index is 283. The van der Waals surface area contributed by atoms with Crippen molar-refractivity contribution >= 4 is 5.91 Å². The lowest BCUT2D eigenvalue weighted by Gasteiger charge is -2.29. The van der Waals surface area contributed by atoms with Crippen molar-refractivity contribution in [3.63, 3.8) is 0 Å². The van der Waals surface area contributed by atoms with Gasteiger partial charge in [-0.1, -0.05) is 25.7 Å². The molecule has 104 valence electrons. The second kappa shape index (κ2) is 6.53. The van der Waals surface area contributed by atoms with Crippen LogP contribution in [-0.2, 0) is 4.79 Å². The van der Waals surface area contributed by atoms with Gasteiger partial charge in [-0.3, -0.25) is 4.79 Å². The zero-order valence-electron chi connectivity index (χ0n) is 11.1. The zero-order valence-corrected chi connectivity index (χ0v) is 11.1. The van der Waals surface area contributed by atoms with Gasteiger partial charge in [0.1, 0.15) is 0 Å². The van der Waals surface area contributed by atoms with Gasteiger partial charge in [0.05, 0.1) is 12.1 Å². The fourth-order valence-corrected chi connectivity index (χ4v) is 3.22. The molecule has 4 N–H and O–H groups in total. The first-order chi connectivity index (χ1) is 8.66. The lowest BCUT2D eigenvalue weighted by atomic mass is 9.85. The van der Waals surface area contributed by atoms with Crippen molar-refractivity contribution in [2.75, 3.05) is 0 Å². The molecule has 0 aromatic carbocycles. The van der Waals surface area contributed by atoms with Crippen molar-refractivity contribution in [2.24, 2.45) is 11.7 Å². The number of hydrogen-bond acceptors (Lipinski definition) is 3. The zero-order chi connectivity index (χ0) is 13.0. The van der Waals surface area contributed by atoms with Crippen LogP contribution in [0.3, 0.4) is 0 Å². The minimum absolute atomic E-state index is 0.0434. The van der Waals surface area contributed by atoms with Crippen LogP contribution in [-0.4, -0.2) is 29.2 Å². The Morgan fingerprint density at radius 3 is 2.61 bits per heavy atom. The molecule has 0 radical (unpaired) electrons. The number of amides is 1. The van der Waals surface area contributed by atoms with Crippen LogP contribution in [0.2, 0.25) is 0 Å². The number of nitrogens with two attached hydrogens (primary N) is 1. The van der Waals surface area contributed by atoms with Crippen LogP contribution in [0.5, 0.6) is 0 Å². The molecule has 2 fully saturated rings. The SMILES string of the molecule is NC1CCCC(C(=O)NC2CCCCCC2O)C1. The third-order valence-corrected chi connectivity index (χ3v) is 4.39. The first kappa shape index (κ1) is 13.8. The number of carbonyl (C=O) groups excluding carboxylic acids is 1. The molecule has 4 unspecified atom stereocenters. The van der Waals surface area contributed by atoms with Crippen molar-refractivity contribution in [1.29, 1.82) is 0 Å². The summed E-state index contributed by atoms with van der Waals surface area (Å²) in [7, 11) is 0. The maximum absolute atomic E-state index is 12.2. The molecule has 2 saturated carbocycles. The van der Waals surface area contributed by atoms with Crippen LogP contribution in [0.25, 0.3) is 0 Å². The average molecular weight is 254 g/mol. The fraction of sp³-hybridized carbons (Fsp3) is 0.929. The van der Waals surface area contributed by atoms with E-state index in [1.54, 1.807) is 0 Å². The Morgan fingerprint density at radius 2 is 1.83 bits per heavy atom. The van der Waals surface area contributed by atoms with Crippen molar-refractivity contribution < 1.29 is 9.90 Å². The van der Waals surface area contributed by atoms with Gasteiger partial charge in [0.15, 0.2) is 0 Å². The molecule has 0 aliphatic heterocycles. The van der Waals surface area contributed by atoms with E-state index in [2.05, 4.69) is 5.32 Å². The van der Waals surface area contributed by atoms with Crippen molar-refractivity contribution in [1.82, 2.24) is 5.32 Å². The summed E-state index contributed by atoms with van der Waals surface area (Å²) in [6.07, 6.45) is 8.53. The Balaban J connectivity index is 1.85. The van der Waals surface area contributed by atoms with Gasteiger partial charge < -0.3 is 16.2 Å². The summed E-state index contributed by atoms with van der Waals surface area (Å²) in [4.78, 5) is 12.2. The standard InChI is InChI=1S/C14H26N2O2/c15-11-6-4-5-10(9-11)14(18)16-12-7-2-1-3-8-13(12)17/h10-13,17H,1-9,15H2,(H,16,18). The van der Waals surface area contributed by atoms with Crippen molar-refractivity contribution in [3.05, 3.63) is 0 Å². The number of hydrogen-bond donors (Lipinski definition) is 3. The van der Waals surface area contributed by atoms with E-state index in [4.69, 9.17) is 5.73 Å². The molecule has 18 heavy (non-hydrogen) atoms. The van der Waals surface area contributed by atoms with Gasteiger partial charge in [0, 0.05) is 12.0 Å². The molecule has 4 heteroatoms. The van der Waals surface area contributed by atoms with Crippen molar-refractivity contribution in [2.45, 2.75) is 76.0 Å². The topological polar surface area (TPSA) is 75.4 Å². The highest BCUT2D eigenvalue weighted by Crippen LogP contribution is 2.24. The minimum atomic E-state index is -0.367. The number of nitrogens with one attached hydrogen (secondary N) is 1. The molecule has 0 spiro atoms. The molecule has 4 nitrogen and oxygen atoms in total. The number of carbonyl (C=O) groups is 1. The maximum atomic E-state index is 12.2. The second-order valence-electron chi connectivity index (χ2n) is 5.94. The van der Waals surface area contributed by atoms with Crippen LogP contribution in [0.1, 0.15) is 57.8 Å². The molecular weight excluding hydrogens is 228 g/mol. The molecule has 0 saturated heterocycles. The lowest BCUT2D eigenvalue weighted by molar-refractivity contribution is -0.127. The Morgan fingerprint density at radius 1 is 1.06 bits per heavy atom. The van der Waals surface area contributed by atoms with E-state index in [-0.39, 0.29) is 30.0 Å². The third kappa shape index (κ3) is 3.69. The summed E-state index contributed by atoms with van der Waals surface area (Å²) in [5, 5.41) is 13.1. The summed E-state index contributed by atoms with van der Waals surface area (Å²) < 4.78 is 0. The molecule has 0 aromatic heterocycles.